The molecule has 0 aromatic heterocycles. The van der Waals surface area contributed by atoms with E-state index in [-0.39, 0.29) is 0 Å². The van der Waals surface area contributed by atoms with Gasteiger partial charge in [0.25, 0.3) is 0 Å². The minimum absolute atomic E-state index is 0.738. The first-order chi connectivity index (χ1) is 4.20. The summed E-state index contributed by atoms with van der Waals surface area (Å²) in [6.07, 6.45) is 3.55. The van der Waals surface area contributed by atoms with Crippen molar-refractivity contribution in [3.63, 3.8) is 0 Å². The Morgan fingerprint density at radius 2 is 2.22 bits per heavy atom. The monoisotopic (exact) mass is 190 g/mol. The van der Waals surface area contributed by atoms with Gasteiger partial charge in [-0.25, -0.2) is 0 Å². The number of hydrogen-bond acceptors (Lipinski definition) is 0. The van der Waals surface area contributed by atoms with Crippen LogP contribution in [0.2, 0.25) is 0 Å². The third kappa shape index (κ3) is 4.71. The molecule has 0 radical (unpaired) electrons. The molecule has 0 saturated carbocycles. The van der Waals surface area contributed by atoms with E-state index >= 15 is 0 Å². The number of halogens is 1. The summed E-state index contributed by atoms with van der Waals surface area (Å²) in [7, 11) is 0. The molecule has 0 nitrogen and oxygen atoms in total. The number of alkyl halides is 1. The smallest absolute Gasteiger partial charge is 0.0239 e. The molecule has 0 amide bonds. The second-order valence-corrected chi connectivity index (χ2v) is 3.09. The van der Waals surface area contributed by atoms with E-state index in [2.05, 4.69) is 42.8 Å². The van der Waals surface area contributed by atoms with Gasteiger partial charge in [0.15, 0.2) is 0 Å². The minimum Gasteiger partial charge on any atom is -0.0880 e. The highest BCUT2D eigenvalue weighted by molar-refractivity contribution is 9.09. The SMILES string of the molecule is CC[C@@H](C)/C=C(\C)CBr. The van der Waals surface area contributed by atoms with Crippen molar-refractivity contribution >= 4 is 15.9 Å². The first kappa shape index (κ1) is 9.22. The van der Waals surface area contributed by atoms with Gasteiger partial charge >= 0.3 is 0 Å². The standard InChI is InChI=1S/C8H15Br/c1-4-7(2)5-8(3)6-9/h5,7H,4,6H2,1-3H3/b8-5+/t7-/m1/s1. The molecule has 0 spiro atoms. The van der Waals surface area contributed by atoms with Gasteiger partial charge in [-0.1, -0.05) is 47.8 Å². The van der Waals surface area contributed by atoms with Gasteiger partial charge in [0.2, 0.25) is 0 Å². The zero-order chi connectivity index (χ0) is 7.28. The lowest BCUT2D eigenvalue weighted by atomic mass is 10.1. The molecular formula is C8H15Br. The molecule has 0 rings (SSSR count). The van der Waals surface area contributed by atoms with Crippen molar-refractivity contribution in [2.75, 3.05) is 5.33 Å². The van der Waals surface area contributed by atoms with Crippen LogP contribution in [-0.2, 0) is 0 Å². The summed E-state index contributed by atoms with van der Waals surface area (Å²) in [5, 5.41) is 1.01. The Kier molecular flexibility index (Phi) is 5.16. The molecular weight excluding hydrogens is 176 g/mol. The largest absolute Gasteiger partial charge is 0.0880 e. The fourth-order valence-corrected chi connectivity index (χ4v) is 0.835. The second kappa shape index (κ2) is 5.04. The van der Waals surface area contributed by atoms with Crippen molar-refractivity contribution in [3.8, 4) is 0 Å². The number of hydrogen-bond donors (Lipinski definition) is 0. The highest BCUT2D eigenvalue weighted by Gasteiger charge is 1.92. The Hall–Kier alpha value is 0.220. The van der Waals surface area contributed by atoms with Crippen LogP contribution in [0.15, 0.2) is 11.6 Å². The maximum Gasteiger partial charge on any atom is 0.0239 e. The Morgan fingerprint density at radius 3 is 2.56 bits per heavy atom. The van der Waals surface area contributed by atoms with Crippen LogP contribution in [0.1, 0.15) is 27.2 Å². The summed E-state index contributed by atoms with van der Waals surface area (Å²) >= 11 is 3.40. The Bertz CT molecular complexity index is 94.7. The van der Waals surface area contributed by atoms with Gasteiger partial charge in [-0.05, 0) is 12.8 Å². The van der Waals surface area contributed by atoms with Crippen molar-refractivity contribution in [1.82, 2.24) is 0 Å². The van der Waals surface area contributed by atoms with Gasteiger partial charge in [-0.15, -0.1) is 0 Å². The molecule has 0 aliphatic rings. The highest BCUT2D eigenvalue weighted by Crippen LogP contribution is 2.07. The molecule has 9 heavy (non-hydrogen) atoms. The van der Waals surface area contributed by atoms with Gasteiger partial charge in [-0.3, -0.25) is 0 Å². The lowest BCUT2D eigenvalue weighted by Crippen LogP contribution is -1.87. The lowest BCUT2D eigenvalue weighted by Gasteiger charge is -2.01. The quantitative estimate of drug-likeness (QED) is 0.473. The minimum atomic E-state index is 0.738. The molecule has 0 aromatic rings. The molecule has 0 fully saturated rings. The van der Waals surface area contributed by atoms with Crippen molar-refractivity contribution in [1.29, 1.82) is 0 Å². The van der Waals surface area contributed by atoms with E-state index in [1.165, 1.54) is 12.0 Å². The topological polar surface area (TPSA) is 0 Å². The van der Waals surface area contributed by atoms with Crippen LogP contribution >= 0.6 is 15.9 Å². The van der Waals surface area contributed by atoms with E-state index in [0.29, 0.717) is 0 Å². The van der Waals surface area contributed by atoms with Crippen molar-refractivity contribution in [3.05, 3.63) is 11.6 Å². The summed E-state index contributed by atoms with van der Waals surface area (Å²) < 4.78 is 0. The van der Waals surface area contributed by atoms with Crippen LogP contribution in [0, 0.1) is 5.92 Å². The molecule has 0 heterocycles. The van der Waals surface area contributed by atoms with Gasteiger partial charge in [0.05, 0.1) is 0 Å². The van der Waals surface area contributed by atoms with Crippen molar-refractivity contribution in [2.45, 2.75) is 27.2 Å². The first-order valence-corrected chi connectivity index (χ1v) is 4.56. The van der Waals surface area contributed by atoms with Crippen LogP contribution in [0.3, 0.4) is 0 Å². The highest BCUT2D eigenvalue weighted by atomic mass is 79.9. The average Bonchev–Trinajstić information content (AvgIpc) is 1.87. The number of rotatable bonds is 3. The molecule has 0 aliphatic carbocycles. The maximum absolute atomic E-state index is 3.40. The zero-order valence-electron chi connectivity index (χ0n) is 6.45. The predicted molar refractivity (Wildman–Crippen MR) is 47.0 cm³/mol. The van der Waals surface area contributed by atoms with Gasteiger partial charge in [0.1, 0.15) is 0 Å². The molecule has 1 heteroatoms. The number of allylic oxidation sites excluding steroid dienone is 2. The third-order valence-corrected chi connectivity index (χ3v) is 2.31. The van der Waals surface area contributed by atoms with Crippen LogP contribution in [-0.4, -0.2) is 5.33 Å². The molecule has 0 bridgehead atoms. The molecule has 0 aliphatic heterocycles. The van der Waals surface area contributed by atoms with E-state index in [0.717, 1.165) is 11.2 Å². The fraction of sp³-hybridized carbons (Fsp3) is 0.750. The van der Waals surface area contributed by atoms with E-state index in [1.807, 2.05) is 0 Å². The van der Waals surface area contributed by atoms with Crippen LogP contribution < -0.4 is 0 Å². The van der Waals surface area contributed by atoms with Crippen LogP contribution in [0.5, 0.6) is 0 Å². The van der Waals surface area contributed by atoms with Crippen molar-refractivity contribution < 1.29 is 0 Å². The summed E-state index contributed by atoms with van der Waals surface area (Å²) in [4.78, 5) is 0. The van der Waals surface area contributed by atoms with E-state index in [1.54, 1.807) is 0 Å². The predicted octanol–water partition coefficient (Wildman–Crippen LogP) is 3.37. The van der Waals surface area contributed by atoms with Crippen LogP contribution in [0.25, 0.3) is 0 Å². The Labute approximate surface area is 66.5 Å². The van der Waals surface area contributed by atoms with E-state index < -0.39 is 0 Å². The van der Waals surface area contributed by atoms with Gasteiger partial charge in [0, 0.05) is 5.33 Å². The van der Waals surface area contributed by atoms with Crippen LogP contribution in [0.4, 0.5) is 0 Å². The summed E-state index contributed by atoms with van der Waals surface area (Å²) in [6.45, 7) is 6.61. The first-order valence-electron chi connectivity index (χ1n) is 3.44. The Balaban J connectivity index is 3.64. The maximum atomic E-state index is 3.40. The van der Waals surface area contributed by atoms with Gasteiger partial charge in [-0.2, -0.15) is 0 Å². The summed E-state index contributed by atoms with van der Waals surface area (Å²) in [5.74, 6) is 0.738. The lowest BCUT2D eigenvalue weighted by molar-refractivity contribution is 0.693. The van der Waals surface area contributed by atoms with Crippen molar-refractivity contribution in [2.24, 2.45) is 5.92 Å². The molecule has 0 saturated heterocycles. The zero-order valence-corrected chi connectivity index (χ0v) is 8.03. The van der Waals surface area contributed by atoms with E-state index in [4.69, 9.17) is 0 Å². The fourth-order valence-electron chi connectivity index (χ4n) is 0.648. The molecule has 0 aromatic carbocycles. The molecule has 0 unspecified atom stereocenters. The normalized spacial score (nSPS) is 15.8. The van der Waals surface area contributed by atoms with E-state index in [9.17, 15) is 0 Å². The summed E-state index contributed by atoms with van der Waals surface area (Å²) in [6, 6.07) is 0. The van der Waals surface area contributed by atoms with Gasteiger partial charge < -0.3 is 0 Å². The molecule has 54 valence electrons. The third-order valence-electron chi connectivity index (χ3n) is 1.42. The average molecular weight is 191 g/mol. The molecule has 1 atom stereocenters. The second-order valence-electron chi connectivity index (χ2n) is 2.53. The Morgan fingerprint density at radius 1 is 1.67 bits per heavy atom. The summed E-state index contributed by atoms with van der Waals surface area (Å²) in [5.41, 5.74) is 1.43. The molecule has 0 N–H and O–H groups in total.